The molecule has 0 aliphatic carbocycles. The predicted octanol–water partition coefficient (Wildman–Crippen LogP) is 2.19. The van der Waals surface area contributed by atoms with Crippen molar-refractivity contribution in [2.45, 2.75) is 12.5 Å². The Kier molecular flexibility index (Phi) is 5.78. The molecule has 1 atom stereocenters. The molecule has 0 saturated heterocycles. The largest absolute Gasteiger partial charge is 0.368 e. The lowest BCUT2D eigenvalue weighted by molar-refractivity contribution is -0.124. The summed E-state index contributed by atoms with van der Waals surface area (Å²) in [6.45, 7) is 0. The lowest BCUT2D eigenvalue weighted by Crippen LogP contribution is -2.45. The van der Waals surface area contributed by atoms with Gasteiger partial charge in [-0.25, -0.2) is 8.78 Å². The fraction of sp³-hybridized carbons (Fsp3) is 0.111. The van der Waals surface area contributed by atoms with E-state index in [2.05, 4.69) is 5.32 Å². The lowest BCUT2D eigenvalue weighted by atomic mass is 10.1. The Morgan fingerprint density at radius 3 is 2.25 bits per heavy atom. The topological polar surface area (TPSA) is 72.2 Å². The smallest absolute Gasteiger partial charge is 0.244 e. The Morgan fingerprint density at radius 2 is 1.67 bits per heavy atom. The van der Waals surface area contributed by atoms with E-state index in [1.165, 1.54) is 6.07 Å². The van der Waals surface area contributed by atoms with Gasteiger partial charge in [-0.15, -0.1) is 0 Å². The molecule has 0 spiro atoms. The molecule has 1 unspecified atom stereocenters. The van der Waals surface area contributed by atoms with Crippen molar-refractivity contribution in [2.75, 3.05) is 0 Å². The quantitative estimate of drug-likeness (QED) is 0.797. The first kappa shape index (κ1) is 17.3. The van der Waals surface area contributed by atoms with Crippen LogP contribution in [0, 0.1) is 11.6 Å². The maximum Gasteiger partial charge on any atom is 0.244 e. The maximum atomic E-state index is 13.5. The van der Waals surface area contributed by atoms with Crippen LogP contribution in [0.25, 0.3) is 6.08 Å². The number of hydrogen-bond donors (Lipinski definition) is 2. The molecule has 0 heterocycles. The van der Waals surface area contributed by atoms with Gasteiger partial charge in [0.15, 0.2) is 0 Å². The van der Waals surface area contributed by atoms with Gasteiger partial charge in [-0.05, 0) is 23.8 Å². The van der Waals surface area contributed by atoms with E-state index >= 15 is 0 Å². The molecule has 0 saturated carbocycles. The van der Waals surface area contributed by atoms with Crippen LogP contribution in [-0.4, -0.2) is 17.9 Å². The van der Waals surface area contributed by atoms with E-state index in [9.17, 15) is 18.4 Å². The average Bonchev–Trinajstić information content (AvgIpc) is 2.54. The Hall–Kier alpha value is -3.02. The summed E-state index contributed by atoms with van der Waals surface area (Å²) in [6, 6.07) is 11.5. The van der Waals surface area contributed by atoms with Gasteiger partial charge in [0.2, 0.25) is 11.8 Å². The Labute approximate surface area is 138 Å². The number of carbonyl (C=O) groups is 2. The Balaban J connectivity index is 2.06. The van der Waals surface area contributed by atoms with Crippen molar-refractivity contribution in [1.82, 2.24) is 5.32 Å². The van der Waals surface area contributed by atoms with E-state index in [0.717, 1.165) is 29.8 Å². The molecule has 0 bridgehead atoms. The third kappa shape index (κ3) is 4.74. The van der Waals surface area contributed by atoms with Crippen LogP contribution >= 0.6 is 0 Å². The van der Waals surface area contributed by atoms with Crippen LogP contribution in [0.4, 0.5) is 8.78 Å². The standard InChI is InChI=1S/C18H16F2N2O2/c19-14-7-4-8-15(20)13(14)9-10-17(23)22-16(18(21)24)11-12-5-2-1-3-6-12/h1-10,16H,11H2,(H2,21,24)(H,22,23)/b10-9+. The van der Waals surface area contributed by atoms with Gasteiger partial charge in [0, 0.05) is 18.1 Å². The number of hydrogen-bond acceptors (Lipinski definition) is 2. The van der Waals surface area contributed by atoms with Crippen LogP contribution in [0.15, 0.2) is 54.6 Å². The van der Waals surface area contributed by atoms with E-state index in [1.54, 1.807) is 24.3 Å². The molecule has 0 radical (unpaired) electrons. The maximum absolute atomic E-state index is 13.5. The summed E-state index contributed by atoms with van der Waals surface area (Å²) < 4.78 is 27.0. The first-order valence-corrected chi connectivity index (χ1v) is 7.23. The van der Waals surface area contributed by atoms with Gasteiger partial charge in [-0.2, -0.15) is 0 Å². The second-order valence-corrected chi connectivity index (χ2v) is 5.12. The van der Waals surface area contributed by atoms with Gasteiger partial charge < -0.3 is 11.1 Å². The van der Waals surface area contributed by atoms with Gasteiger partial charge >= 0.3 is 0 Å². The first-order chi connectivity index (χ1) is 11.5. The van der Waals surface area contributed by atoms with E-state index in [4.69, 9.17) is 5.73 Å². The zero-order chi connectivity index (χ0) is 17.5. The second-order valence-electron chi connectivity index (χ2n) is 5.12. The average molecular weight is 330 g/mol. The number of nitrogens with two attached hydrogens (primary N) is 1. The van der Waals surface area contributed by atoms with Crippen molar-refractivity contribution in [3.63, 3.8) is 0 Å². The number of benzene rings is 2. The minimum absolute atomic E-state index is 0.226. The second kappa shape index (κ2) is 8.01. The SMILES string of the molecule is NC(=O)C(Cc1ccccc1)NC(=O)/C=C/c1c(F)cccc1F. The molecule has 2 aromatic rings. The van der Waals surface area contributed by atoms with Gasteiger partial charge in [-0.1, -0.05) is 36.4 Å². The van der Waals surface area contributed by atoms with Crippen molar-refractivity contribution in [3.05, 3.63) is 77.4 Å². The molecule has 0 fully saturated rings. The molecule has 4 nitrogen and oxygen atoms in total. The minimum atomic E-state index is -0.921. The number of rotatable bonds is 6. The van der Waals surface area contributed by atoms with E-state index in [-0.39, 0.29) is 12.0 Å². The predicted molar refractivity (Wildman–Crippen MR) is 86.7 cm³/mol. The fourth-order valence-electron chi connectivity index (χ4n) is 2.12. The van der Waals surface area contributed by atoms with Crippen molar-refractivity contribution in [1.29, 1.82) is 0 Å². The van der Waals surface area contributed by atoms with Crippen LogP contribution < -0.4 is 11.1 Å². The molecule has 124 valence electrons. The molecule has 3 N–H and O–H groups in total. The number of carbonyl (C=O) groups excluding carboxylic acids is 2. The first-order valence-electron chi connectivity index (χ1n) is 7.23. The fourth-order valence-corrected chi connectivity index (χ4v) is 2.12. The molecule has 2 aromatic carbocycles. The highest BCUT2D eigenvalue weighted by molar-refractivity contribution is 5.95. The van der Waals surface area contributed by atoms with Crippen LogP contribution in [0.3, 0.4) is 0 Å². The molecule has 0 aliphatic rings. The summed E-state index contributed by atoms with van der Waals surface area (Å²) in [7, 11) is 0. The number of nitrogens with one attached hydrogen (secondary N) is 1. The highest BCUT2D eigenvalue weighted by Gasteiger charge is 2.17. The van der Waals surface area contributed by atoms with Crippen molar-refractivity contribution in [3.8, 4) is 0 Å². The summed E-state index contributed by atoms with van der Waals surface area (Å²) in [5.74, 6) is -2.93. The third-order valence-corrected chi connectivity index (χ3v) is 3.34. The summed E-state index contributed by atoms with van der Waals surface area (Å²) >= 11 is 0. The highest BCUT2D eigenvalue weighted by Crippen LogP contribution is 2.13. The number of primary amides is 1. The molecule has 6 heteroatoms. The normalized spacial score (nSPS) is 12.1. The van der Waals surface area contributed by atoms with Crippen molar-refractivity contribution >= 4 is 17.9 Å². The molecule has 0 aliphatic heterocycles. The van der Waals surface area contributed by atoms with E-state index < -0.39 is 29.5 Å². The monoisotopic (exact) mass is 330 g/mol. The summed E-state index contributed by atoms with van der Waals surface area (Å²) in [4.78, 5) is 23.4. The van der Waals surface area contributed by atoms with Gasteiger partial charge in [0.05, 0.1) is 0 Å². The van der Waals surface area contributed by atoms with Gasteiger partial charge in [0.1, 0.15) is 17.7 Å². The molecule has 24 heavy (non-hydrogen) atoms. The number of amides is 2. The minimum Gasteiger partial charge on any atom is -0.368 e. The molecule has 2 rings (SSSR count). The van der Waals surface area contributed by atoms with Crippen LogP contribution in [0.5, 0.6) is 0 Å². The molecular formula is C18H16F2N2O2. The van der Waals surface area contributed by atoms with Crippen LogP contribution in [0.1, 0.15) is 11.1 Å². The number of halogens is 2. The van der Waals surface area contributed by atoms with Gasteiger partial charge in [-0.3, -0.25) is 9.59 Å². The van der Waals surface area contributed by atoms with E-state index in [0.29, 0.717) is 0 Å². The highest BCUT2D eigenvalue weighted by atomic mass is 19.1. The van der Waals surface area contributed by atoms with E-state index in [1.807, 2.05) is 6.07 Å². The Bertz CT molecular complexity index is 741. The zero-order valence-corrected chi connectivity index (χ0v) is 12.7. The zero-order valence-electron chi connectivity index (χ0n) is 12.7. The lowest BCUT2D eigenvalue weighted by Gasteiger charge is -2.14. The van der Waals surface area contributed by atoms with Crippen LogP contribution in [-0.2, 0) is 16.0 Å². The third-order valence-electron chi connectivity index (χ3n) is 3.34. The van der Waals surface area contributed by atoms with Crippen LogP contribution in [0.2, 0.25) is 0 Å². The molecule has 0 aromatic heterocycles. The van der Waals surface area contributed by atoms with Crippen molar-refractivity contribution in [2.24, 2.45) is 5.73 Å². The Morgan fingerprint density at radius 1 is 1.04 bits per heavy atom. The summed E-state index contributed by atoms with van der Waals surface area (Å²) in [6.07, 6.45) is 2.20. The van der Waals surface area contributed by atoms with Gasteiger partial charge in [0.25, 0.3) is 0 Å². The summed E-state index contributed by atoms with van der Waals surface area (Å²) in [5.41, 5.74) is 5.79. The molecular weight excluding hydrogens is 314 g/mol. The van der Waals surface area contributed by atoms with Crippen molar-refractivity contribution < 1.29 is 18.4 Å². The summed E-state index contributed by atoms with van der Waals surface area (Å²) in [5, 5.41) is 2.43. The molecule has 2 amide bonds.